The first-order valence-electron chi connectivity index (χ1n) is 4.49. The summed E-state index contributed by atoms with van der Waals surface area (Å²) in [6, 6.07) is 0.275. The number of carbonyl (C=O) groups is 1. The number of nitrogens with zero attached hydrogens (tertiary/aromatic N) is 2. The molecule has 0 fully saturated rings. The Balaban J connectivity index is 2.50. The lowest BCUT2D eigenvalue weighted by molar-refractivity contribution is 0.0674. The average molecular weight is 180 g/mol. The van der Waals surface area contributed by atoms with Gasteiger partial charge in [0.1, 0.15) is 0 Å². The average Bonchev–Trinajstić information content (AvgIpc) is 2.49. The van der Waals surface area contributed by atoms with E-state index in [1.807, 2.05) is 11.5 Å². The largest absolute Gasteiger partial charge is 0.475 e. The van der Waals surface area contributed by atoms with Crippen molar-refractivity contribution in [2.45, 2.75) is 32.2 Å². The van der Waals surface area contributed by atoms with Crippen molar-refractivity contribution in [2.75, 3.05) is 0 Å². The van der Waals surface area contributed by atoms with Gasteiger partial charge in [-0.2, -0.15) is 0 Å². The van der Waals surface area contributed by atoms with Crippen molar-refractivity contribution in [3.05, 3.63) is 17.7 Å². The zero-order valence-electron chi connectivity index (χ0n) is 7.53. The summed E-state index contributed by atoms with van der Waals surface area (Å²) in [4.78, 5) is 14.7. The van der Waals surface area contributed by atoms with E-state index in [1.165, 1.54) is 0 Å². The summed E-state index contributed by atoms with van der Waals surface area (Å²) < 4.78 is 1.84. The minimum Gasteiger partial charge on any atom is -0.475 e. The molecule has 4 nitrogen and oxygen atoms in total. The van der Waals surface area contributed by atoms with Gasteiger partial charge in [0, 0.05) is 17.9 Å². The van der Waals surface area contributed by atoms with Crippen molar-refractivity contribution in [2.24, 2.45) is 0 Å². The predicted molar refractivity (Wildman–Crippen MR) is 46.8 cm³/mol. The molecule has 0 spiro atoms. The summed E-state index contributed by atoms with van der Waals surface area (Å²) in [7, 11) is 0. The maximum atomic E-state index is 10.8. The van der Waals surface area contributed by atoms with E-state index in [0.717, 1.165) is 25.0 Å². The fraction of sp³-hybridized carbons (Fsp3) is 0.556. The number of aromatic carboxylic acids is 1. The predicted octanol–water partition coefficient (Wildman–Crippen LogP) is 1.48. The van der Waals surface area contributed by atoms with Gasteiger partial charge in [-0.25, -0.2) is 9.78 Å². The number of rotatable bonds is 1. The van der Waals surface area contributed by atoms with Crippen molar-refractivity contribution in [3.8, 4) is 0 Å². The summed E-state index contributed by atoms with van der Waals surface area (Å²) in [6.07, 6.45) is 4.80. The zero-order chi connectivity index (χ0) is 9.42. The normalized spacial score (nSPS) is 21.2. The Bertz CT molecular complexity index is 343. The number of fused-ring (bicyclic) bond motifs is 1. The molecule has 1 aliphatic heterocycles. The lowest BCUT2D eigenvalue weighted by Gasteiger charge is -2.22. The molecule has 70 valence electrons. The third kappa shape index (κ3) is 1.22. The van der Waals surface area contributed by atoms with Gasteiger partial charge in [0.2, 0.25) is 5.82 Å². The molecule has 4 heteroatoms. The van der Waals surface area contributed by atoms with Crippen molar-refractivity contribution in [1.82, 2.24) is 9.55 Å². The van der Waals surface area contributed by atoms with Crippen molar-refractivity contribution >= 4 is 5.97 Å². The maximum absolute atomic E-state index is 10.8. The molecule has 1 N–H and O–H groups in total. The van der Waals surface area contributed by atoms with Crippen molar-refractivity contribution in [3.63, 3.8) is 0 Å². The van der Waals surface area contributed by atoms with Crippen LogP contribution in [0.15, 0.2) is 6.20 Å². The van der Waals surface area contributed by atoms with Crippen LogP contribution >= 0.6 is 0 Å². The molecule has 0 radical (unpaired) electrons. The van der Waals surface area contributed by atoms with Crippen LogP contribution < -0.4 is 0 Å². The van der Waals surface area contributed by atoms with Gasteiger partial charge in [-0.05, 0) is 26.2 Å². The van der Waals surface area contributed by atoms with Gasteiger partial charge < -0.3 is 9.67 Å². The fourth-order valence-electron chi connectivity index (χ4n) is 1.94. The van der Waals surface area contributed by atoms with E-state index in [4.69, 9.17) is 5.11 Å². The van der Waals surface area contributed by atoms with E-state index in [0.29, 0.717) is 0 Å². The topological polar surface area (TPSA) is 55.1 Å². The van der Waals surface area contributed by atoms with Gasteiger partial charge in [0.15, 0.2) is 0 Å². The molecule has 2 rings (SSSR count). The summed E-state index contributed by atoms with van der Waals surface area (Å²) in [5, 5.41) is 8.86. The monoisotopic (exact) mass is 180 g/mol. The fourth-order valence-corrected chi connectivity index (χ4v) is 1.94. The van der Waals surface area contributed by atoms with E-state index < -0.39 is 5.97 Å². The molecule has 1 atom stereocenters. The molecule has 1 unspecified atom stereocenters. The molecule has 0 amide bonds. The standard InChI is InChI=1S/C9H12N2O2/c1-6-3-2-4-7-5-10-8(9(12)13)11(6)7/h5-6H,2-4H2,1H3,(H,12,13). The molecule has 0 saturated heterocycles. The Hall–Kier alpha value is -1.32. The van der Waals surface area contributed by atoms with Crippen LogP contribution in [0.5, 0.6) is 0 Å². The minimum atomic E-state index is -0.931. The molecule has 1 aliphatic rings. The quantitative estimate of drug-likeness (QED) is 0.712. The van der Waals surface area contributed by atoms with Crippen LogP contribution in [0.25, 0.3) is 0 Å². The molecule has 0 bridgehead atoms. The van der Waals surface area contributed by atoms with Gasteiger partial charge in [0.25, 0.3) is 0 Å². The van der Waals surface area contributed by atoms with E-state index in [2.05, 4.69) is 4.98 Å². The van der Waals surface area contributed by atoms with Gasteiger partial charge >= 0.3 is 5.97 Å². The highest BCUT2D eigenvalue weighted by Gasteiger charge is 2.22. The summed E-state index contributed by atoms with van der Waals surface area (Å²) in [5.74, 6) is -0.748. The molecule has 1 aromatic rings. The van der Waals surface area contributed by atoms with Gasteiger partial charge in [-0.1, -0.05) is 0 Å². The van der Waals surface area contributed by atoms with Crippen molar-refractivity contribution < 1.29 is 9.90 Å². The van der Waals surface area contributed by atoms with Gasteiger partial charge in [-0.15, -0.1) is 0 Å². The van der Waals surface area contributed by atoms with Crippen LogP contribution in [0, 0.1) is 0 Å². The van der Waals surface area contributed by atoms with E-state index >= 15 is 0 Å². The number of aryl methyl sites for hydroxylation is 1. The second-order valence-corrected chi connectivity index (χ2v) is 3.49. The molecular formula is C9H12N2O2. The third-order valence-corrected chi connectivity index (χ3v) is 2.56. The number of carboxylic acid groups (broad SMARTS) is 1. The highest BCUT2D eigenvalue weighted by Crippen LogP contribution is 2.25. The van der Waals surface area contributed by atoms with Gasteiger partial charge in [0.05, 0.1) is 0 Å². The Morgan fingerprint density at radius 1 is 1.77 bits per heavy atom. The lowest BCUT2D eigenvalue weighted by Crippen LogP contribution is -2.19. The van der Waals surface area contributed by atoms with E-state index in [1.54, 1.807) is 6.20 Å². The second kappa shape index (κ2) is 2.87. The maximum Gasteiger partial charge on any atom is 0.372 e. The summed E-state index contributed by atoms with van der Waals surface area (Å²) in [6.45, 7) is 2.04. The number of hydrogen-bond donors (Lipinski definition) is 1. The number of hydrogen-bond acceptors (Lipinski definition) is 2. The second-order valence-electron chi connectivity index (χ2n) is 3.49. The molecule has 13 heavy (non-hydrogen) atoms. The first-order valence-corrected chi connectivity index (χ1v) is 4.49. The first-order chi connectivity index (χ1) is 6.20. The summed E-state index contributed by atoms with van der Waals surface area (Å²) >= 11 is 0. The van der Waals surface area contributed by atoms with E-state index in [9.17, 15) is 4.79 Å². The van der Waals surface area contributed by atoms with Crippen LogP contribution in [0.4, 0.5) is 0 Å². The molecule has 0 saturated carbocycles. The van der Waals surface area contributed by atoms with Crippen LogP contribution in [-0.2, 0) is 6.42 Å². The molecule has 1 aromatic heterocycles. The van der Waals surface area contributed by atoms with Gasteiger partial charge in [-0.3, -0.25) is 0 Å². The molecular weight excluding hydrogens is 168 g/mol. The molecule has 0 aromatic carbocycles. The lowest BCUT2D eigenvalue weighted by atomic mass is 10.0. The van der Waals surface area contributed by atoms with Crippen molar-refractivity contribution in [1.29, 1.82) is 0 Å². The smallest absolute Gasteiger partial charge is 0.372 e. The Morgan fingerprint density at radius 3 is 3.23 bits per heavy atom. The Morgan fingerprint density at radius 2 is 2.54 bits per heavy atom. The molecule has 0 aliphatic carbocycles. The highest BCUT2D eigenvalue weighted by molar-refractivity contribution is 5.83. The Labute approximate surface area is 76.2 Å². The Kier molecular flexibility index (Phi) is 1.83. The molecule has 2 heterocycles. The first kappa shape index (κ1) is 8.29. The van der Waals surface area contributed by atoms with Crippen LogP contribution in [0.3, 0.4) is 0 Å². The third-order valence-electron chi connectivity index (χ3n) is 2.56. The number of aromatic nitrogens is 2. The number of imidazole rings is 1. The zero-order valence-corrected chi connectivity index (χ0v) is 7.53. The highest BCUT2D eigenvalue weighted by atomic mass is 16.4. The summed E-state index contributed by atoms with van der Waals surface area (Å²) in [5.41, 5.74) is 1.05. The SMILES string of the molecule is CC1CCCc2cnc(C(=O)O)n21. The van der Waals surface area contributed by atoms with Crippen LogP contribution in [-0.4, -0.2) is 20.6 Å². The van der Waals surface area contributed by atoms with Crippen LogP contribution in [0.1, 0.15) is 42.1 Å². The minimum absolute atomic E-state index is 0.183. The van der Waals surface area contributed by atoms with Crippen LogP contribution in [0.2, 0.25) is 0 Å². The van der Waals surface area contributed by atoms with E-state index in [-0.39, 0.29) is 11.9 Å². The number of carboxylic acids is 1.